The van der Waals surface area contributed by atoms with Crippen LogP contribution in [0.2, 0.25) is 0 Å². The van der Waals surface area contributed by atoms with Crippen LogP contribution in [0.1, 0.15) is 0 Å². The fourth-order valence-corrected chi connectivity index (χ4v) is 4.34. The van der Waals surface area contributed by atoms with Crippen molar-refractivity contribution in [2.45, 2.75) is 0 Å². The third kappa shape index (κ3) is 2.09. The first kappa shape index (κ1) is 15.3. The molecule has 0 bridgehead atoms. The van der Waals surface area contributed by atoms with E-state index >= 15 is 0 Å². The van der Waals surface area contributed by atoms with Crippen molar-refractivity contribution in [3.05, 3.63) is 109 Å². The molecule has 0 saturated heterocycles. The van der Waals surface area contributed by atoms with Gasteiger partial charge in [0.2, 0.25) is 0 Å². The van der Waals surface area contributed by atoms with Gasteiger partial charge in [-0.3, -0.25) is 0 Å². The molecule has 0 aliphatic rings. The standard InChI is InChI=1S/C26H18N2/c1-3-9-19(10-4-1)27-18-17-23-24(27)16-15-22-21-13-7-8-14-25(21)28(26(22)23)20-11-5-2-6-12-20/h1-18H. The lowest BCUT2D eigenvalue weighted by atomic mass is 10.1. The summed E-state index contributed by atoms with van der Waals surface area (Å²) in [6.07, 6.45) is 2.17. The molecule has 4 aromatic carbocycles. The maximum absolute atomic E-state index is 2.39. The maximum atomic E-state index is 2.39. The van der Waals surface area contributed by atoms with Gasteiger partial charge in [0.1, 0.15) is 0 Å². The lowest BCUT2D eigenvalue weighted by Crippen LogP contribution is -1.94. The van der Waals surface area contributed by atoms with Gasteiger partial charge in [0, 0.05) is 33.7 Å². The Morgan fingerprint density at radius 3 is 1.89 bits per heavy atom. The van der Waals surface area contributed by atoms with Gasteiger partial charge in [0.15, 0.2) is 0 Å². The average molecular weight is 358 g/mol. The quantitative estimate of drug-likeness (QED) is 0.325. The van der Waals surface area contributed by atoms with E-state index in [4.69, 9.17) is 0 Å². The fourth-order valence-electron chi connectivity index (χ4n) is 4.34. The molecule has 0 N–H and O–H groups in total. The second-order valence-corrected chi connectivity index (χ2v) is 7.10. The van der Waals surface area contributed by atoms with E-state index in [0.29, 0.717) is 0 Å². The third-order valence-corrected chi connectivity index (χ3v) is 5.55. The highest BCUT2D eigenvalue weighted by Crippen LogP contribution is 2.37. The highest BCUT2D eigenvalue weighted by molar-refractivity contribution is 6.18. The van der Waals surface area contributed by atoms with E-state index in [0.717, 1.165) is 0 Å². The number of nitrogens with zero attached hydrogens (tertiary/aromatic N) is 2. The zero-order valence-electron chi connectivity index (χ0n) is 15.3. The Balaban J connectivity index is 1.79. The number of hydrogen-bond donors (Lipinski definition) is 0. The van der Waals surface area contributed by atoms with E-state index in [-0.39, 0.29) is 0 Å². The summed E-state index contributed by atoms with van der Waals surface area (Å²) in [5.74, 6) is 0. The lowest BCUT2D eigenvalue weighted by molar-refractivity contribution is 1.13. The van der Waals surface area contributed by atoms with Crippen molar-refractivity contribution in [1.29, 1.82) is 0 Å². The van der Waals surface area contributed by atoms with Crippen LogP contribution in [0.25, 0.3) is 44.1 Å². The summed E-state index contributed by atoms with van der Waals surface area (Å²) in [5, 5.41) is 3.84. The molecule has 0 amide bonds. The Bertz CT molecular complexity index is 1440. The highest BCUT2D eigenvalue weighted by atomic mass is 15.0. The van der Waals surface area contributed by atoms with E-state index in [2.05, 4.69) is 118 Å². The summed E-state index contributed by atoms with van der Waals surface area (Å²) < 4.78 is 4.66. The number of hydrogen-bond acceptors (Lipinski definition) is 0. The molecular weight excluding hydrogens is 340 g/mol. The number of benzene rings is 4. The van der Waals surface area contributed by atoms with Crippen LogP contribution in [-0.2, 0) is 0 Å². The third-order valence-electron chi connectivity index (χ3n) is 5.55. The predicted octanol–water partition coefficient (Wildman–Crippen LogP) is 6.73. The van der Waals surface area contributed by atoms with Gasteiger partial charge < -0.3 is 9.13 Å². The molecule has 28 heavy (non-hydrogen) atoms. The Morgan fingerprint density at radius 2 is 1.11 bits per heavy atom. The molecule has 2 heterocycles. The molecule has 2 nitrogen and oxygen atoms in total. The molecule has 2 heteroatoms. The monoisotopic (exact) mass is 358 g/mol. The number of fused-ring (bicyclic) bond motifs is 5. The molecule has 0 aliphatic heterocycles. The zero-order chi connectivity index (χ0) is 18.5. The van der Waals surface area contributed by atoms with Gasteiger partial charge in [0.05, 0.1) is 16.6 Å². The van der Waals surface area contributed by atoms with Crippen LogP contribution in [0.4, 0.5) is 0 Å². The predicted molar refractivity (Wildman–Crippen MR) is 118 cm³/mol. The molecule has 0 saturated carbocycles. The van der Waals surface area contributed by atoms with Crippen molar-refractivity contribution in [3.8, 4) is 11.4 Å². The first-order valence-electron chi connectivity index (χ1n) is 9.56. The normalized spacial score (nSPS) is 11.6. The van der Waals surface area contributed by atoms with Gasteiger partial charge in [-0.15, -0.1) is 0 Å². The minimum Gasteiger partial charge on any atom is -0.316 e. The minimum absolute atomic E-state index is 1.18. The molecule has 0 fully saturated rings. The van der Waals surface area contributed by atoms with Crippen molar-refractivity contribution in [2.24, 2.45) is 0 Å². The van der Waals surface area contributed by atoms with Crippen LogP contribution in [0, 0.1) is 0 Å². The molecule has 132 valence electrons. The summed E-state index contributed by atoms with van der Waals surface area (Å²) in [6.45, 7) is 0. The van der Waals surface area contributed by atoms with Crippen molar-refractivity contribution < 1.29 is 0 Å². The molecule has 0 radical (unpaired) electrons. The average Bonchev–Trinajstić information content (AvgIpc) is 3.34. The Labute approximate surface area is 162 Å². The zero-order valence-corrected chi connectivity index (χ0v) is 15.3. The summed E-state index contributed by atoms with van der Waals surface area (Å²) in [5.41, 5.74) is 6.09. The number of aromatic nitrogens is 2. The van der Waals surface area contributed by atoms with Crippen molar-refractivity contribution in [2.75, 3.05) is 0 Å². The van der Waals surface area contributed by atoms with E-state index in [1.165, 1.54) is 44.1 Å². The Morgan fingerprint density at radius 1 is 0.429 bits per heavy atom. The van der Waals surface area contributed by atoms with Gasteiger partial charge in [0.25, 0.3) is 0 Å². The lowest BCUT2D eigenvalue weighted by Gasteiger charge is -2.09. The van der Waals surface area contributed by atoms with Crippen LogP contribution in [0.15, 0.2) is 109 Å². The smallest absolute Gasteiger partial charge is 0.0635 e. The summed E-state index contributed by atoms with van der Waals surface area (Å²) in [4.78, 5) is 0. The van der Waals surface area contributed by atoms with Crippen molar-refractivity contribution >= 4 is 32.7 Å². The second-order valence-electron chi connectivity index (χ2n) is 7.10. The van der Waals surface area contributed by atoms with Crippen LogP contribution in [0.3, 0.4) is 0 Å². The van der Waals surface area contributed by atoms with Crippen LogP contribution < -0.4 is 0 Å². The van der Waals surface area contributed by atoms with E-state index in [9.17, 15) is 0 Å². The molecule has 6 aromatic rings. The van der Waals surface area contributed by atoms with Gasteiger partial charge in [-0.25, -0.2) is 0 Å². The molecule has 2 aromatic heterocycles. The number of para-hydroxylation sites is 3. The summed E-state index contributed by atoms with van der Waals surface area (Å²) in [6, 6.07) is 36.6. The second kappa shape index (κ2) is 5.86. The summed E-state index contributed by atoms with van der Waals surface area (Å²) in [7, 11) is 0. The molecule has 0 aliphatic carbocycles. The first-order chi connectivity index (χ1) is 13.9. The van der Waals surface area contributed by atoms with Crippen LogP contribution >= 0.6 is 0 Å². The van der Waals surface area contributed by atoms with E-state index < -0.39 is 0 Å². The summed E-state index contributed by atoms with van der Waals surface area (Å²) >= 11 is 0. The molecule has 6 rings (SSSR count). The maximum Gasteiger partial charge on any atom is 0.0635 e. The fraction of sp³-hybridized carbons (Fsp3) is 0. The SMILES string of the molecule is c1ccc(-n2ccc3c2ccc2c4ccccc4n(-c4ccccc4)c23)cc1. The molecular formula is C26H18N2. The van der Waals surface area contributed by atoms with Crippen LogP contribution in [0.5, 0.6) is 0 Å². The largest absolute Gasteiger partial charge is 0.316 e. The topological polar surface area (TPSA) is 9.86 Å². The van der Waals surface area contributed by atoms with Crippen molar-refractivity contribution in [1.82, 2.24) is 9.13 Å². The van der Waals surface area contributed by atoms with Gasteiger partial charge in [-0.05, 0) is 42.5 Å². The molecule has 0 atom stereocenters. The van der Waals surface area contributed by atoms with E-state index in [1.807, 2.05) is 0 Å². The van der Waals surface area contributed by atoms with Gasteiger partial charge in [-0.2, -0.15) is 0 Å². The van der Waals surface area contributed by atoms with Crippen molar-refractivity contribution in [3.63, 3.8) is 0 Å². The first-order valence-corrected chi connectivity index (χ1v) is 9.56. The minimum atomic E-state index is 1.18. The van der Waals surface area contributed by atoms with Gasteiger partial charge >= 0.3 is 0 Å². The molecule has 0 spiro atoms. The van der Waals surface area contributed by atoms with Gasteiger partial charge in [-0.1, -0.05) is 60.7 Å². The number of rotatable bonds is 2. The van der Waals surface area contributed by atoms with Crippen LogP contribution in [-0.4, -0.2) is 9.13 Å². The van der Waals surface area contributed by atoms with E-state index in [1.54, 1.807) is 0 Å². The Hall–Kier alpha value is -3.78. The highest BCUT2D eigenvalue weighted by Gasteiger charge is 2.16. The molecule has 0 unspecified atom stereocenters. The Kier molecular flexibility index (Phi) is 3.20.